The number of carbonyl (C=O) groups excluding carboxylic acids is 1. The van der Waals surface area contributed by atoms with Gasteiger partial charge in [-0.1, -0.05) is 11.9 Å². The summed E-state index contributed by atoms with van der Waals surface area (Å²) in [4.78, 5) is 24.7. The van der Waals surface area contributed by atoms with Crippen molar-refractivity contribution in [3.63, 3.8) is 0 Å². The number of hydrogen-bond donors (Lipinski definition) is 2. The molecule has 6 rings (SSSR count). The highest BCUT2D eigenvalue weighted by atomic mass is 32.2. The van der Waals surface area contributed by atoms with Gasteiger partial charge < -0.3 is 20.3 Å². The number of fused-ring (bicyclic) bond motifs is 4. The van der Waals surface area contributed by atoms with Crippen molar-refractivity contribution in [2.75, 3.05) is 36.5 Å². The molecule has 186 valence electrons. The fourth-order valence-corrected chi connectivity index (χ4v) is 6.88. The first kappa shape index (κ1) is 23.1. The fraction of sp³-hybridized carbons (Fsp3) is 0.577. The molecular formula is C26H34N6O2S. The molecule has 2 bridgehead atoms. The number of ether oxygens (including phenoxy) is 1. The molecule has 4 heterocycles. The van der Waals surface area contributed by atoms with Crippen molar-refractivity contribution in [2.45, 2.75) is 69.3 Å². The van der Waals surface area contributed by atoms with Crippen LogP contribution in [0, 0.1) is 0 Å². The highest BCUT2D eigenvalue weighted by Gasteiger charge is 2.46. The lowest BCUT2D eigenvalue weighted by atomic mass is 9.98. The zero-order valence-corrected chi connectivity index (χ0v) is 21.3. The largest absolute Gasteiger partial charge is 0.377 e. The molecule has 0 radical (unpaired) electrons. The molecule has 3 unspecified atom stereocenters. The molecule has 9 heteroatoms. The maximum absolute atomic E-state index is 11.9. The summed E-state index contributed by atoms with van der Waals surface area (Å²) in [6.45, 7) is 7.03. The van der Waals surface area contributed by atoms with Crippen LogP contribution in [-0.2, 0) is 11.2 Å². The molecule has 2 amide bonds. The number of carbonyl (C=O) groups is 1. The second-order valence-electron chi connectivity index (χ2n) is 10.0. The zero-order chi connectivity index (χ0) is 23.9. The Labute approximate surface area is 211 Å². The van der Waals surface area contributed by atoms with E-state index in [-0.39, 0.29) is 12.1 Å². The maximum atomic E-state index is 11.9. The van der Waals surface area contributed by atoms with Gasteiger partial charge in [-0.2, -0.15) is 0 Å². The average Bonchev–Trinajstić information content (AvgIpc) is 3.63. The third-order valence-electron chi connectivity index (χ3n) is 7.38. The summed E-state index contributed by atoms with van der Waals surface area (Å²) in [5.41, 5.74) is 4.29. The van der Waals surface area contributed by atoms with E-state index in [1.807, 2.05) is 31.2 Å². The number of aromatic nitrogens is 2. The summed E-state index contributed by atoms with van der Waals surface area (Å²) in [7, 11) is 0. The normalized spacial score (nSPS) is 25.9. The highest BCUT2D eigenvalue weighted by Crippen LogP contribution is 2.53. The van der Waals surface area contributed by atoms with Crippen LogP contribution in [0.4, 0.5) is 16.3 Å². The van der Waals surface area contributed by atoms with Crippen molar-refractivity contribution < 1.29 is 9.53 Å². The van der Waals surface area contributed by atoms with Crippen LogP contribution in [0.1, 0.15) is 56.8 Å². The minimum atomic E-state index is -0.196. The monoisotopic (exact) mass is 494 g/mol. The van der Waals surface area contributed by atoms with Gasteiger partial charge in [0.1, 0.15) is 5.82 Å². The predicted octanol–water partition coefficient (Wildman–Crippen LogP) is 4.38. The van der Waals surface area contributed by atoms with Crippen molar-refractivity contribution in [3.8, 4) is 11.4 Å². The number of hydrogen-bond acceptors (Lipinski definition) is 7. The van der Waals surface area contributed by atoms with Crippen molar-refractivity contribution in [1.82, 2.24) is 19.6 Å². The van der Waals surface area contributed by atoms with Crippen LogP contribution in [0.2, 0.25) is 0 Å². The summed E-state index contributed by atoms with van der Waals surface area (Å²) in [5, 5.41) is 6.43. The molecule has 1 aliphatic carbocycles. The number of urea groups is 1. The van der Waals surface area contributed by atoms with E-state index in [9.17, 15) is 4.79 Å². The second-order valence-corrected chi connectivity index (χ2v) is 11.3. The van der Waals surface area contributed by atoms with Crippen molar-refractivity contribution in [1.29, 1.82) is 0 Å². The lowest BCUT2D eigenvalue weighted by molar-refractivity contribution is 0.0982. The molecular weight excluding hydrogens is 460 g/mol. The van der Waals surface area contributed by atoms with Crippen LogP contribution >= 0.6 is 11.9 Å². The van der Waals surface area contributed by atoms with Crippen LogP contribution in [0.3, 0.4) is 0 Å². The van der Waals surface area contributed by atoms with E-state index in [0.717, 1.165) is 54.3 Å². The van der Waals surface area contributed by atoms with Crippen LogP contribution in [-0.4, -0.2) is 63.9 Å². The SMILES string of the molecule is CCNC(=O)Nc1ccc(-c2nc3c(c(N4CCOCC4C)n2)C2CCC(C3)N2SC2CC2)cc1. The quantitative estimate of drug-likeness (QED) is 0.577. The second kappa shape index (κ2) is 9.59. The lowest BCUT2D eigenvalue weighted by Crippen LogP contribution is -2.46. The highest BCUT2D eigenvalue weighted by molar-refractivity contribution is 7.97. The summed E-state index contributed by atoms with van der Waals surface area (Å²) in [6.07, 6.45) is 6.10. The molecule has 3 aliphatic heterocycles. The number of morpholine rings is 1. The van der Waals surface area contributed by atoms with Crippen molar-refractivity contribution in [3.05, 3.63) is 35.5 Å². The Bertz CT molecular complexity index is 1090. The van der Waals surface area contributed by atoms with E-state index in [4.69, 9.17) is 14.7 Å². The number of benzene rings is 1. The van der Waals surface area contributed by atoms with Crippen LogP contribution < -0.4 is 15.5 Å². The Kier molecular flexibility index (Phi) is 6.32. The summed E-state index contributed by atoms with van der Waals surface area (Å²) < 4.78 is 8.45. The van der Waals surface area contributed by atoms with Gasteiger partial charge in [0.05, 0.1) is 31.0 Å². The Hall–Kier alpha value is -2.36. The number of anilines is 2. The zero-order valence-electron chi connectivity index (χ0n) is 20.5. The third-order valence-corrected chi connectivity index (χ3v) is 8.95. The van der Waals surface area contributed by atoms with Gasteiger partial charge in [-0.15, -0.1) is 0 Å². The van der Waals surface area contributed by atoms with Crippen molar-refractivity contribution >= 4 is 29.5 Å². The van der Waals surface area contributed by atoms with Gasteiger partial charge in [-0.3, -0.25) is 0 Å². The Morgan fingerprint density at radius 1 is 1.17 bits per heavy atom. The van der Waals surface area contributed by atoms with Crippen LogP contribution in [0.25, 0.3) is 11.4 Å². The molecule has 0 spiro atoms. The van der Waals surface area contributed by atoms with Gasteiger partial charge in [0.15, 0.2) is 5.82 Å². The van der Waals surface area contributed by atoms with E-state index in [2.05, 4.69) is 38.7 Å². The minimum absolute atomic E-state index is 0.196. The molecule has 4 aliphatic rings. The molecule has 1 aromatic carbocycles. The first-order valence-electron chi connectivity index (χ1n) is 13.0. The third kappa shape index (κ3) is 4.61. The fourth-order valence-electron chi connectivity index (χ4n) is 5.48. The predicted molar refractivity (Wildman–Crippen MR) is 140 cm³/mol. The molecule has 35 heavy (non-hydrogen) atoms. The van der Waals surface area contributed by atoms with Gasteiger partial charge in [0.2, 0.25) is 0 Å². The summed E-state index contributed by atoms with van der Waals surface area (Å²) >= 11 is 2.09. The van der Waals surface area contributed by atoms with E-state index >= 15 is 0 Å². The van der Waals surface area contributed by atoms with E-state index in [0.29, 0.717) is 18.6 Å². The van der Waals surface area contributed by atoms with E-state index < -0.39 is 0 Å². The molecule has 2 N–H and O–H groups in total. The number of nitrogens with zero attached hydrogens (tertiary/aromatic N) is 4. The molecule has 8 nitrogen and oxygen atoms in total. The molecule has 2 saturated heterocycles. The van der Waals surface area contributed by atoms with Gasteiger partial charge in [-0.05, 0) is 63.8 Å². The smallest absolute Gasteiger partial charge is 0.319 e. The first-order valence-corrected chi connectivity index (χ1v) is 13.8. The maximum Gasteiger partial charge on any atom is 0.319 e. The molecule has 3 atom stereocenters. The summed E-state index contributed by atoms with van der Waals surface area (Å²) in [6, 6.07) is 8.90. The molecule has 3 fully saturated rings. The topological polar surface area (TPSA) is 82.6 Å². The Balaban J connectivity index is 1.36. The standard InChI is InChI=1S/C26H34N6O2S/c1-3-27-26(33)28-18-6-4-17(5-7-18)24-29-21-14-19-8-11-22(32(19)35-20-9-10-20)23(21)25(30-24)31-12-13-34-15-16(31)2/h4-7,16,19-20,22H,3,8-15H2,1-2H3,(H2,27,28,33). The molecule has 2 aromatic rings. The van der Waals surface area contributed by atoms with E-state index in [1.165, 1.54) is 36.9 Å². The van der Waals surface area contributed by atoms with E-state index in [1.54, 1.807) is 0 Å². The van der Waals surface area contributed by atoms with Crippen LogP contribution in [0.15, 0.2) is 24.3 Å². The van der Waals surface area contributed by atoms with Crippen LogP contribution in [0.5, 0.6) is 0 Å². The molecule has 1 saturated carbocycles. The number of nitrogens with one attached hydrogen (secondary N) is 2. The van der Waals surface area contributed by atoms with Gasteiger partial charge in [0, 0.05) is 47.6 Å². The Morgan fingerprint density at radius 3 is 2.74 bits per heavy atom. The van der Waals surface area contributed by atoms with Gasteiger partial charge in [-0.25, -0.2) is 19.1 Å². The van der Waals surface area contributed by atoms with Crippen molar-refractivity contribution in [2.24, 2.45) is 0 Å². The number of rotatable bonds is 6. The van der Waals surface area contributed by atoms with Gasteiger partial charge >= 0.3 is 6.03 Å². The minimum Gasteiger partial charge on any atom is -0.377 e. The van der Waals surface area contributed by atoms with Gasteiger partial charge in [0.25, 0.3) is 0 Å². The summed E-state index contributed by atoms with van der Waals surface area (Å²) in [5.74, 6) is 1.86. The molecule has 1 aromatic heterocycles. The Morgan fingerprint density at radius 2 is 2.00 bits per heavy atom. The number of amides is 2. The first-order chi connectivity index (χ1) is 17.1. The lowest BCUT2D eigenvalue weighted by Gasteiger charge is -2.40. The average molecular weight is 495 g/mol.